The number of likely N-dealkylation sites (tertiary alicyclic amines) is 1. The molecule has 2 rings (SSSR count). The molecule has 2 N–H and O–H groups in total. The van der Waals surface area contributed by atoms with Crippen LogP contribution in [-0.4, -0.2) is 44.3 Å². The van der Waals surface area contributed by atoms with Crippen molar-refractivity contribution < 1.29 is 4.74 Å². The van der Waals surface area contributed by atoms with Crippen LogP contribution in [0.25, 0.3) is 0 Å². The Labute approximate surface area is 125 Å². The maximum Gasteiger partial charge on any atom is 0.0503 e. The Bertz CT molecular complexity index is 300. The third-order valence-electron chi connectivity index (χ3n) is 5.53. The smallest absolute Gasteiger partial charge is 0.0503 e. The highest BCUT2D eigenvalue weighted by Gasteiger charge is 2.36. The maximum atomic E-state index is 6.40. The number of ether oxygens (including phenoxy) is 1. The minimum Gasteiger partial charge on any atom is -0.384 e. The number of hydrogen-bond acceptors (Lipinski definition) is 3. The second kappa shape index (κ2) is 6.76. The maximum absolute atomic E-state index is 6.40. The summed E-state index contributed by atoms with van der Waals surface area (Å²) in [5, 5.41) is 0. The Morgan fingerprint density at radius 1 is 1.20 bits per heavy atom. The summed E-state index contributed by atoms with van der Waals surface area (Å²) in [6.45, 7) is 11.7. The van der Waals surface area contributed by atoms with Crippen molar-refractivity contribution in [1.82, 2.24) is 4.90 Å². The fourth-order valence-electron chi connectivity index (χ4n) is 4.07. The quantitative estimate of drug-likeness (QED) is 0.861. The summed E-state index contributed by atoms with van der Waals surface area (Å²) in [4.78, 5) is 2.62. The molecule has 1 aliphatic carbocycles. The van der Waals surface area contributed by atoms with E-state index in [1.807, 2.05) is 7.11 Å². The van der Waals surface area contributed by atoms with Crippen LogP contribution in [0, 0.1) is 23.2 Å². The van der Waals surface area contributed by atoms with Gasteiger partial charge in [-0.15, -0.1) is 0 Å². The van der Waals surface area contributed by atoms with Gasteiger partial charge >= 0.3 is 0 Å². The minimum atomic E-state index is 0.412. The molecule has 4 atom stereocenters. The van der Waals surface area contributed by atoms with Crippen molar-refractivity contribution in [2.24, 2.45) is 28.9 Å². The first kappa shape index (κ1) is 16.3. The zero-order valence-corrected chi connectivity index (χ0v) is 13.9. The Morgan fingerprint density at radius 3 is 2.60 bits per heavy atom. The van der Waals surface area contributed by atoms with Crippen LogP contribution in [0.5, 0.6) is 0 Å². The van der Waals surface area contributed by atoms with E-state index in [2.05, 4.69) is 25.7 Å². The summed E-state index contributed by atoms with van der Waals surface area (Å²) in [5.74, 6) is 2.26. The highest BCUT2D eigenvalue weighted by atomic mass is 16.5. The van der Waals surface area contributed by atoms with Gasteiger partial charge in [-0.3, -0.25) is 0 Å². The molecule has 1 heterocycles. The van der Waals surface area contributed by atoms with Gasteiger partial charge in [0, 0.05) is 26.2 Å². The summed E-state index contributed by atoms with van der Waals surface area (Å²) in [5.41, 5.74) is 6.84. The van der Waals surface area contributed by atoms with E-state index in [1.165, 1.54) is 45.3 Å². The molecule has 0 spiro atoms. The Hall–Kier alpha value is -0.120. The summed E-state index contributed by atoms with van der Waals surface area (Å²) in [7, 11) is 1.81. The molecular weight excluding hydrogens is 248 g/mol. The predicted molar refractivity (Wildman–Crippen MR) is 84.7 cm³/mol. The molecule has 1 aliphatic heterocycles. The van der Waals surface area contributed by atoms with Crippen molar-refractivity contribution in [3.05, 3.63) is 0 Å². The highest BCUT2D eigenvalue weighted by Crippen LogP contribution is 2.40. The molecule has 20 heavy (non-hydrogen) atoms. The SMILES string of the molecule is COCC1CCN(CC2CC(C(C)(C)C)CCC2N)C1. The van der Waals surface area contributed by atoms with Crippen molar-refractivity contribution in [1.29, 1.82) is 0 Å². The average molecular weight is 282 g/mol. The molecule has 1 saturated carbocycles. The molecule has 0 aromatic rings. The molecule has 2 aliphatic rings. The molecule has 3 heteroatoms. The van der Waals surface area contributed by atoms with Gasteiger partial charge < -0.3 is 15.4 Å². The van der Waals surface area contributed by atoms with Crippen LogP contribution in [0.3, 0.4) is 0 Å². The van der Waals surface area contributed by atoms with Gasteiger partial charge in [-0.25, -0.2) is 0 Å². The summed E-state index contributed by atoms with van der Waals surface area (Å²) in [6.07, 6.45) is 5.13. The van der Waals surface area contributed by atoms with Crippen LogP contribution in [0.4, 0.5) is 0 Å². The molecular formula is C17H34N2O. The first-order chi connectivity index (χ1) is 9.40. The molecule has 4 unspecified atom stereocenters. The van der Waals surface area contributed by atoms with Gasteiger partial charge in [0.1, 0.15) is 0 Å². The van der Waals surface area contributed by atoms with Crippen LogP contribution in [0.1, 0.15) is 46.5 Å². The van der Waals surface area contributed by atoms with Crippen molar-refractivity contribution >= 4 is 0 Å². The first-order valence-corrected chi connectivity index (χ1v) is 8.37. The first-order valence-electron chi connectivity index (χ1n) is 8.37. The summed E-state index contributed by atoms with van der Waals surface area (Å²) in [6, 6.07) is 0.412. The number of hydrogen-bond donors (Lipinski definition) is 1. The lowest BCUT2D eigenvalue weighted by Crippen LogP contribution is -2.44. The molecule has 1 saturated heterocycles. The van der Waals surface area contributed by atoms with E-state index in [9.17, 15) is 0 Å². The molecule has 2 fully saturated rings. The third-order valence-corrected chi connectivity index (χ3v) is 5.53. The van der Waals surface area contributed by atoms with E-state index in [4.69, 9.17) is 10.5 Å². The standard InChI is InChI=1S/C17H34N2O/c1-17(2,3)15-5-6-16(18)14(9-15)11-19-8-7-13(10-19)12-20-4/h13-16H,5-12,18H2,1-4H3. The molecule has 3 nitrogen and oxygen atoms in total. The molecule has 0 radical (unpaired) electrons. The van der Waals surface area contributed by atoms with Gasteiger partial charge in [0.25, 0.3) is 0 Å². The Morgan fingerprint density at radius 2 is 1.95 bits per heavy atom. The fraction of sp³-hybridized carbons (Fsp3) is 1.00. The Kier molecular flexibility index (Phi) is 5.49. The van der Waals surface area contributed by atoms with Crippen LogP contribution < -0.4 is 5.73 Å². The van der Waals surface area contributed by atoms with Crippen LogP contribution in [-0.2, 0) is 4.74 Å². The lowest BCUT2D eigenvalue weighted by Gasteiger charge is -2.42. The second-order valence-corrected chi connectivity index (χ2v) is 8.17. The van der Waals surface area contributed by atoms with Crippen molar-refractivity contribution in [3.8, 4) is 0 Å². The van der Waals surface area contributed by atoms with E-state index >= 15 is 0 Å². The minimum absolute atomic E-state index is 0.412. The van der Waals surface area contributed by atoms with Gasteiger partial charge in [-0.2, -0.15) is 0 Å². The van der Waals surface area contributed by atoms with E-state index < -0.39 is 0 Å². The third kappa shape index (κ3) is 4.19. The molecule has 0 bridgehead atoms. The van der Waals surface area contributed by atoms with Crippen molar-refractivity contribution in [3.63, 3.8) is 0 Å². The van der Waals surface area contributed by atoms with Crippen molar-refractivity contribution in [2.45, 2.75) is 52.5 Å². The number of nitrogens with two attached hydrogens (primary N) is 1. The summed E-state index contributed by atoms with van der Waals surface area (Å²) >= 11 is 0. The number of rotatable bonds is 4. The lowest BCUT2D eigenvalue weighted by atomic mass is 9.67. The largest absolute Gasteiger partial charge is 0.384 e. The predicted octanol–water partition coefficient (Wildman–Crippen LogP) is 2.74. The van der Waals surface area contributed by atoms with Crippen LogP contribution in [0.2, 0.25) is 0 Å². The topological polar surface area (TPSA) is 38.5 Å². The van der Waals surface area contributed by atoms with Gasteiger partial charge in [-0.1, -0.05) is 20.8 Å². The normalized spacial score (nSPS) is 36.5. The Balaban J connectivity index is 1.85. The molecule has 0 aromatic carbocycles. The number of methoxy groups -OCH3 is 1. The van der Waals surface area contributed by atoms with Crippen molar-refractivity contribution in [2.75, 3.05) is 33.4 Å². The summed E-state index contributed by atoms with van der Waals surface area (Å²) < 4.78 is 5.30. The van der Waals surface area contributed by atoms with E-state index in [0.29, 0.717) is 17.4 Å². The molecule has 0 amide bonds. The molecule has 0 aromatic heterocycles. The van der Waals surface area contributed by atoms with Gasteiger partial charge in [0.2, 0.25) is 0 Å². The van der Waals surface area contributed by atoms with Gasteiger partial charge in [0.15, 0.2) is 0 Å². The van der Waals surface area contributed by atoms with E-state index in [-0.39, 0.29) is 0 Å². The van der Waals surface area contributed by atoms with E-state index in [1.54, 1.807) is 0 Å². The highest BCUT2D eigenvalue weighted by molar-refractivity contribution is 4.90. The fourth-order valence-corrected chi connectivity index (χ4v) is 4.07. The zero-order chi connectivity index (χ0) is 14.8. The van der Waals surface area contributed by atoms with Crippen LogP contribution >= 0.6 is 0 Å². The lowest BCUT2D eigenvalue weighted by molar-refractivity contribution is 0.101. The van der Waals surface area contributed by atoms with E-state index in [0.717, 1.165) is 18.4 Å². The van der Waals surface area contributed by atoms with Gasteiger partial charge in [0.05, 0.1) is 6.61 Å². The van der Waals surface area contributed by atoms with Gasteiger partial charge in [-0.05, 0) is 55.4 Å². The zero-order valence-electron chi connectivity index (χ0n) is 13.9. The van der Waals surface area contributed by atoms with Crippen LogP contribution in [0.15, 0.2) is 0 Å². The number of nitrogens with zero attached hydrogens (tertiary/aromatic N) is 1. The monoisotopic (exact) mass is 282 g/mol. The average Bonchev–Trinajstić information content (AvgIpc) is 2.78. The molecule has 118 valence electrons. The second-order valence-electron chi connectivity index (χ2n) is 8.17.